The van der Waals surface area contributed by atoms with Crippen molar-refractivity contribution < 1.29 is 13.9 Å². The lowest BCUT2D eigenvalue weighted by atomic mass is 9.87. The fourth-order valence-electron chi connectivity index (χ4n) is 4.60. The molecule has 0 spiro atoms. The molecule has 1 aliphatic rings. The molecule has 1 N–H and O–H groups in total. The van der Waals surface area contributed by atoms with E-state index in [0.717, 1.165) is 23.3 Å². The highest BCUT2D eigenvalue weighted by Crippen LogP contribution is 2.44. The highest BCUT2D eigenvalue weighted by Gasteiger charge is 2.39. The number of benzene rings is 3. The third kappa shape index (κ3) is 4.32. The molecule has 0 bridgehead atoms. The molecule has 33 heavy (non-hydrogen) atoms. The number of hydrogen-bond acceptors (Lipinski definition) is 4. The summed E-state index contributed by atoms with van der Waals surface area (Å²) in [5, 5.41) is 3.07. The fourth-order valence-corrected chi connectivity index (χ4v) is 4.60. The Bertz CT molecular complexity index is 1220. The van der Waals surface area contributed by atoms with Crippen LogP contribution in [0.3, 0.4) is 0 Å². The molecular formula is C27H25N3O3. The number of urea groups is 1. The number of nitrogens with one attached hydrogen (secondary N) is 1. The number of anilines is 1. The summed E-state index contributed by atoms with van der Waals surface area (Å²) in [5.41, 5.74) is 3.80. The van der Waals surface area contributed by atoms with Gasteiger partial charge in [-0.1, -0.05) is 48.5 Å². The number of amides is 2. The SMILES string of the molecule is COc1cccc(C2C(c3ccccc3)CCN2C(=O)Nc2cccc(-c3ncco3)c2)c1. The highest BCUT2D eigenvalue weighted by molar-refractivity contribution is 5.90. The summed E-state index contributed by atoms with van der Waals surface area (Å²) in [6, 6.07) is 25.7. The largest absolute Gasteiger partial charge is 0.497 e. The molecule has 1 aromatic heterocycles. The second-order valence-corrected chi connectivity index (χ2v) is 8.07. The Morgan fingerprint density at radius 1 is 1.03 bits per heavy atom. The number of aromatic nitrogens is 1. The third-order valence-corrected chi connectivity index (χ3v) is 6.11. The average molecular weight is 440 g/mol. The van der Waals surface area contributed by atoms with Gasteiger partial charge >= 0.3 is 6.03 Å². The van der Waals surface area contributed by atoms with E-state index >= 15 is 0 Å². The predicted octanol–water partition coefficient (Wildman–Crippen LogP) is 6.11. The van der Waals surface area contributed by atoms with Crippen LogP contribution in [0.2, 0.25) is 0 Å². The van der Waals surface area contributed by atoms with Crippen molar-refractivity contribution in [2.45, 2.75) is 18.4 Å². The molecule has 6 heteroatoms. The van der Waals surface area contributed by atoms with Gasteiger partial charge in [-0.3, -0.25) is 0 Å². The smallest absolute Gasteiger partial charge is 0.322 e. The number of carbonyl (C=O) groups excluding carboxylic acids is 1. The third-order valence-electron chi connectivity index (χ3n) is 6.11. The molecule has 0 aliphatic carbocycles. The van der Waals surface area contributed by atoms with Gasteiger partial charge in [0.25, 0.3) is 0 Å². The number of carbonyl (C=O) groups is 1. The van der Waals surface area contributed by atoms with Gasteiger partial charge in [-0.15, -0.1) is 0 Å². The van der Waals surface area contributed by atoms with Crippen molar-refractivity contribution in [3.63, 3.8) is 0 Å². The van der Waals surface area contributed by atoms with E-state index in [1.807, 2.05) is 53.4 Å². The number of likely N-dealkylation sites (tertiary alicyclic amines) is 1. The standard InChI is InChI=1S/C27H25N3O3/c1-32-23-12-6-9-20(18-23)25-24(19-7-3-2-4-8-19)13-15-30(25)27(31)29-22-11-5-10-21(17-22)26-28-14-16-33-26/h2-12,14,16-18,24-25H,13,15H2,1H3,(H,29,31). The van der Waals surface area contributed by atoms with Gasteiger partial charge in [-0.05, 0) is 47.9 Å². The number of nitrogens with zero attached hydrogens (tertiary/aromatic N) is 2. The van der Waals surface area contributed by atoms with Crippen LogP contribution in [-0.4, -0.2) is 29.6 Å². The van der Waals surface area contributed by atoms with Gasteiger partial charge < -0.3 is 19.4 Å². The van der Waals surface area contributed by atoms with Gasteiger partial charge in [0, 0.05) is 23.7 Å². The van der Waals surface area contributed by atoms with E-state index in [2.05, 4.69) is 40.6 Å². The maximum atomic E-state index is 13.5. The van der Waals surface area contributed by atoms with Crippen molar-refractivity contribution in [1.29, 1.82) is 0 Å². The van der Waals surface area contributed by atoms with E-state index < -0.39 is 0 Å². The van der Waals surface area contributed by atoms with Crippen molar-refractivity contribution >= 4 is 11.7 Å². The Labute approximate surface area is 192 Å². The molecule has 1 fully saturated rings. The molecule has 4 aromatic rings. The molecule has 1 aliphatic heterocycles. The zero-order chi connectivity index (χ0) is 22.6. The summed E-state index contributed by atoms with van der Waals surface area (Å²) in [6.45, 7) is 0.659. The van der Waals surface area contributed by atoms with Crippen LogP contribution in [0.1, 0.15) is 29.5 Å². The van der Waals surface area contributed by atoms with Crippen LogP contribution in [0.4, 0.5) is 10.5 Å². The maximum Gasteiger partial charge on any atom is 0.322 e. The number of ether oxygens (including phenoxy) is 1. The van der Waals surface area contributed by atoms with Crippen LogP contribution in [0, 0.1) is 0 Å². The van der Waals surface area contributed by atoms with E-state index in [1.54, 1.807) is 13.3 Å². The number of rotatable bonds is 5. The van der Waals surface area contributed by atoms with E-state index in [-0.39, 0.29) is 18.0 Å². The highest BCUT2D eigenvalue weighted by atomic mass is 16.5. The monoisotopic (exact) mass is 439 g/mol. The first-order valence-electron chi connectivity index (χ1n) is 11.0. The molecule has 2 amide bonds. The summed E-state index contributed by atoms with van der Waals surface area (Å²) in [7, 11) is 1.66. The Kier molecular flexibility index (Phi) is 5.81. The Morgan fingerprint density at radius 2 is 1.85 bits per heavy atom. The first kappa shape index (κ1) is 20.8. The summed E-state index contributed by atoms with van der Waals surface area (Å²) >= 11 is 0. The number of hydrogen-bond donors (Lipinski definition) is 1. The zero-order valence-corrected chi connectivity index (χ0v) is 18.3. The Morgan fingerprint density at radius 3 is 2.64 bits per heavy atom. The van der Waals surface area contributed by atoms with Gasteiger partial charge in [0.15, 0.2) is 0 Å². The first-order chi connectivity index (χ1) is 16.2. The van der Waals surface area contributed by atoms with Crippen LogP contribution < -0.4 is 10.1 Å². The van der Waals surface area contributed by atoms with Gasteiger partial charge in [0.05, 0.1) is 19.3 Å². The minimum Gasteiger partial charge on any atom is -0.497 e. The van der Waals surface area contributed by atoms with Crippen molar-refractivity contribution in [3.8, 4) is 17.2 Å². The normalized spacial score (nSPS) is 17.7. The minimum atomic E-state index is -0.134. The molecule has 2 atom stereocenters. The average Bonchev–Trinajstić information content (AvgIpc) is 3.55. The molecule has 3 aromatic carbocycles. The van der Waals surface area contributed by atoms with Gasteiger partial charge in [0.2, 0.25) is 5.89 Å². The molecule has 1 saturated heterocycles. The van der Waals surface area contributed by atoms with Crippen LogP contribution in [0.5, 0.6) is 5.75 Å². The lowest BCUT2D eigenvalue weighted by molar-refractivity contribution is 0.204. The van der Waals surface area contributed by atoms with E-state index in [4.69, 9.17) is 9.15 Å². The van der Waals surface area contributed by atoms with Gasteiger partial charge in [-0.2, -0.15) is 0 Å². The van der Waals surface area contributed by atoms with Crippen molar-refractivity contribution in [3.05, 3.63) is 102 Å². The predicted molar refractivity (Wildman–Crippen MR) is 127 cm³/mol. The molecule has 0 radical (unpaired) electrons. The molecule has 166 valence electrons. The van der Waals surface area contributed by atoms with Crippen molar-refractivity contribution in [2.24, 2.45) is 0 Å². The summed E-state index contributed by atoms with van der Waals surface area (Å²) in [4.78, 5) is 19.6. The summed E-state index contributed by atoms with van der Waals surface area (Å²) < 4.78 is 10.9. The second-order valence-electron chi connectivity index (χ2n) is 8.07. The van der Waals surface area contributed by atoms with Crippen LogP contribution >= 0.6 is 0 Å². The fraction of sp³-hybridized carbons (Fsp3) is 0.185. The van der Waals surface area contributed by atoms with Crippen LogP contribution in [-0.2, 0) is 0 Å². The minimum absolute atomic E-state index is 0.0996. The summed E-state index contributed by atoms with van der Waals surface area (Å²) in [5.74, 6) is 1.50. The van der Waals surface area contributed by atoms with Crippen LogP contribution in [0.25, 0.3) is 11.5 Å². The topological polar surface area (TPSA) is 67.6 Å². The molecule has 6 nitrogen and oxygen atoms in total. The quantitative estimate of drug-likeness (QED) is 0.407. The van der Waals surface area contributed by atoms with Crippen molar-refractivity contribution in [2.75, 3.05) is 19.0 Å². The van der Waals surface area contributed by atoms with E-state index in [0.29, 0.717) is 18.1 Å². The first-order valence-corrected chi connectivity index (χ1v) is 11.0. The molecule has 0 saturated carbocycles. The molecule has 5 rings (SSSR count). The lowest BCUT2D eigenvalue weighted by Gasteiger charge is -2.29. The molecule has 2 heterocycles. The van der Waals surface area contributed by atoms with Gasteiger partial charge in [0.1, 0.15) is 12.0 Å². The Hall–Kier alpha value is -4.06. The zero-order valence-electron chi connectivity index (χ0n) is 18.3. The Balaban J connectivity index is 1.44. The van der Waals surface area contributed by atoms with Crippen LogP contribution in [0.15, 0.2) is 95.7 Å². The van der Waals surface area contributed by atoms with Gasteiger partial charge in [-0.25, -0.2) is 9.78 Å². The summed E-state index contributed by atoms with van der Waals surface area (Å²) in [6.07, 6.45) is 4.02. The van der Waals surface area contributed by atoms with Crippen molar-refractivity contribution in [1.82, 2.24) is 9.88 Å². The van der Waals surface area contributed by atoms with E-state index in [1.165, 1.54) is 11.8 Å². The second kappa shape index (κ2) is 9.20. The molecule has 2 unspecified atom stereocenters. The lowest BCUT2D eigenvalue weighted by Crippen LogP contribution is -2.35. The van der Waals surface area contributed by atoms with E-state index in [9.17, 15) is 4.79 Å². The maximum absolute atomic E-state index is 13.5. The number of oxazole rings is 1. The molecular weight excluding hydrogens is 414 g/mol. The number of methoxy groups -OCH3 is 1.